The second-order valence-corrected chi connectivity index (χ2v) is 9.60. The summed E-state index contributed by atoms with van der Waals surface area (Å²) in [6.45, 7) is 35.6. The van der Waals surface area contributed by atoms with Crippen LogP contribution in [0.5, 0.6) is 0 Å². The Bertz CT molecular complexity index is 379. The van der Waals surface area contributed by atoms with Gasteiger partial charge < -0.3 is 23.3 Å². The van der Waals surface area contributed by atoms with Gasteiger partial charge in [-0.2, -0.15) is 0 Å². The molecule has 2 atom stereocenters. The molecule has 0 heterocycles. The SMILES string of the molecule is CC[N+](CC)(CC)C(C)C(C)C.CC[N+](CC)(CC)C(C)C(C)C.O=P([O-])([O-])F. The van der Waals surface area contributed by atoms with E-state index < -0.39 is 7.91 Å². The maximum atomic E-state index is 10.1. The monoisotopic (exact) mass is 442 g/mol. The molecular weight excluding hydrogens is 390 g/mol. The molecule has 0 saturated heterocycles. The van der Waals surface area contributed by atoms with Gasteiger partial charge in [0.05, 0.1) is 51.4 Å². The predicted octanol–water partition coefficient (Wildman–Crippen LogP) is 4.60. The van der Waals surface area contributed by atoms with Crippen LogP contribution in [0.15, 0.2) is 0 Å². The largest absolute Gasteiger partial charge is 0.786 e. The molecule has 2 unspecified atom stereocenters. The minimum Gasteiger partial charge on any atom is -0.786 e. The molecule has 0 aromatic carbocycles. The maximum Gasteiger partial charge on any atom is 0.110 e. The van der Waals surface area contributed by atoms with Gasteiger partial charge in [-0.1, -0.05) is 27.7 Å². The van der Waals surface area contributed by atoms with Crippen molar-refractivity contribution in [1.29, 1.82) is 0 Å². The van der Waals surface area contributed by atoms with Crippen LogP contribution in [0.1, 0.15) is 83.1 Å². The summed E-state index contributed by atoms with van der Waals surface area (Å²) in [6.07, 6.45) is 0. The van der Waals surface area contributed by atoms with Gasteiger partial charge in [0.1, 0.15) is 7.91 Å². The summed E-state index contributed by atoms with van der Waals surface area (Å²) in [5, 5.41) is 0. The van der Waals surface area contributed by atoms with E-state index in [1.807, 2.05) is 0 Å². The molecule has 0 radical (unpaired) electrons. The van der Waals surface area contributed by atoms with Crippen LogP contribution in [-0.2, 0) is 4.57 Å². The Hall–Kier alpha value is -0.0000000000000000555. The Morgan fingerprint density at radius 2 is 0.759 bits per heavy atom. The second-order valence-electron chi connectivity index (χ2n) is 8.73. The quantitative estimate of drug-likeness (QED) is 0.367. The van der Waals surface area contributed by atoms with Crippen molar-refractivity contribution in [2.45, 2.75) is 95.2 Å². The third-order valence-corrected chi connectivity index (χ3v) is 7.44. The molecule has 0 fully saturated rings. The van der Waals surface area contributed by atoms with E-state index in [0.717, 1.165) is 23.9 Å². The minimum atomic E-state index is -5.64. The van der Waals surface area contributed by atoms with Gasteiger partial charge in [0.15, 0.2) is 0 Å². The van der Waals surface area contributed by atoms with Crippen molar-refractivity contribution in [2.75, 3.05) is 39.3 Å². The molecule has 0 aromatic heterocycles. The number of hydrogen-bond acceptors (Lipinski definition) is 3. The fraction of sp³-hybridized carbons (Fsp3) is 1.00. The topological polar surface area (TPSA) is 63.2 Å². The lowest BCUT2D eigenvalue weighted by atomic mass is 10.0. The molecule has 29 heavy (non-hydrogen) atoms. The minimum absolute atomic E-state index is 0.796. The molecule has 0 aromatic rings. The molecule has 0 aliphatic carbocycles. The van der Waals surface area contributed by atoms with Crippen molar-refractivity contribution < 1.29 is 27.5 Å². The first-order chi connectivity index (χ1) is 13.1. The average molecular weight is 443 g/mol. The molecule has 0 N–H and O–H groups in total. The fourth-order valence-electron chi connectivity index (χ4n) is 4.33. The molecule has 0 rings (SSSR count). The number of nitrogens with zero attached hydrogens (tertiary/aromatic N) is 2. The summed E-state index contributed by atoms with van der Waals surface area (Å²) in [6, 6.07) is 1.59. The van der Waals surface area contributed by atoms with Crippen LogP contribution in [0.2, 0.25) is 0 Å². The standard InChI is InChI=1S/2C11H26N.FH2O3P/c2*1-7-12(8-2,9-3)11(6)10(4)5;1-5(2,3)4/h2*10-11H,7-9H2,1-6H3;(H2,2,3,4)/q2*+1;/p-2. The van der Waals surface area contributed by atoms with E-state index in [-0.39, 0.29) is 0 Å². The Labute approximate surface area is 182 Å². The van der Waals surface area contributed by atoms with Crippen LogP contribution in [0.3, 0.4) is 0 Å². The number of quaternary nitrogens is 2. The van der Waals surface area contributed by atoms with Crippen molar-refractivity contribution >= 4 is 7.91 Å². The molecule has 5 nitrogen and oxygen atoms in total. The van der Waals surface area contributed by atoms with Gasteiger partial charge in [-0.15, -0.1) is 0 Å². The average Bonchev–Trinajstić information content (AvgIpc) is 2.64. The normalized spacial score (nSPS) is 14.7. The Kier molecular flexibility index (Phi) is 18.3. The van der Waals surface area contributed by atoms with E-state index in [1.165, 1.54) is 48.2 Å². The number of hydrogen-bond donors (Lipinski definition) is 0. The van der Waals surface area contributed by atoms with E-state index in [9.17, 15) is 4.20 Å². The van der Waals surface area contributed by atoms with Crippen molar-refractivity contribution in [3.8, 4) is 0 Å². The van der Waals surface area contributed by atoms with Crippen LogP contribution in [0.4, 0.5) is 4.20 Å². The number of halogens is 1. The molecule has 0 bridgehead atoms. The Balaban J connectivity index is -0.000000380. The van der Waals surface area contributed by atoms with Crippen LogP contribution >= 0.6 is 7.91 Å². The van der Waals surface area contributed by atoms with E-state index in [2.05, 4.69) is 83.1 Å². The lowest BCUT2D eigenvalue weighted by molar-refractivity contribution is -0.948. The summed E-state index contributed by atoms with van der Waals surface area (Å²) < 4.78 is 21.1. The molecular formula is C22H52FN2O3P. The van der Waals surface area contributed by atoms with Gasteiger partial charge in [-0.05, 0) is 55.4 Å². The molecule has 0 spiro atoms. The Morgan fingerprint density at radius 1 is 0.621 bits per heavy atom. The first-order valence-electron chi connectivity index (χ1n) is 11.5. The zero-order valence-electron chi connectivity index (χ0n) is 21.5. The van der Waals surface area contributed by atoms with Gasteiger partial charge >= 0.3 is 0 Å². The first kappa shape index (κ1) is 33.6. The highest BCUT2D eigenvalue weighted by Crippen LogP contribution is 2.22. The van der Waals surface area contributed by atoms with Crippen LogP contribution < -0.4 is 9.79 Å². The van der Waals surface area contributed by atoms with E-state index in [1.54, 1.807) is 0 Å². The zero-order chi connectivity index (χ0) is 24.1. The summed E-state index contributed by atoms with van der Waals surface area (Å²) in [5.41, 5.74) is 0. The van der Waals surface area contributed by atoms with Crippen molar-refractivity contribution in [3.05, 3.63) is 0 Å². The van der Waals surface area contributed by atoms with Gasteiger partial charge in [0.2, 0.25) is 0 Å². The lowest BCUT2D eigenvalue weighted by Gasteiger charge is -2.43. The second kappa shape index (κ2) is 15.8. The number of rotatable bonds is 10. The highest BCUT2D eigenvalue weighted by atomic mass is 31.2. The third-order valence-electron chi connectivity index (χ3n) is 7.44. The molecule has 0 aliphatic heterocycles. The van der Waals surface area contributed by atoms with Crippen molar-refractivity contribution in [3.63, 3.8) is 0 Å². The molecule has 180 valence electrons. The molecule has 0 amide bonds. The van der Waals surface area contributed by atoms with Gasteiger partial charge in [-0.3, -0.25) is 0 Å². The smallest absolute Gasteiger partial charge is 0.110 e. The highest BCUT2D eigenvalue weighted by Gasteiger charge is 2.31. The highest BCUT2D eigenvalue weighted by molar-refractivity contribution is 7.42. The van der Waals surface area contributed by atoms with E-state index in [0.29, 0.717) is 0 Å². The summed E-state index contributed by atoms with van der Waals surface area (Å²) in [5.74, 6) is 1.59. The van der Waals surface area contributed by atoms with Crippen LogP contribution in [-0.4, -0.2) is 60.3 Å². The summed E-state index contributed by atoms with van der Waals surface area (Å²) in [4.78, 5) is 16.9. The van der Waals surface area contributed by atoms with Gasteiger partial charge in [0.25, 0.3) is 0 Å². The zero-order valence-corrected chi connectivity index (χ0v) is 22.4. The molecule has 7 heteroatoms. The van der Waals surface area contributed by atoms with Crippen LogP contribution in [0.25, 0.3) is 0 Å². The summed E-state index contributed by atoms with van der Waals surface area (Å²) >= 11 is 0. The lowest BCUT2D eigenvalue weighted by Crippen LogP contribution is -2.55. The van der Waals surface area contributed by atoms with Gasteiger partial charge in [-0.25, -0.2) is 4.20 Å². The maximum absolute atomic E-state index is 10.1. The molecule has 0 saturated carbocycles. The fourth-order valence-corrected chi connectivity index (χ4v) is 4.33. The third kappa shape index (κ3) is 13.1. The van der Waals surface area contributed by atoms with Crippen molar-refractivity contribution in [1.82, 2.24) is 0 Å². The van der Waals surface area contributed by atoms with Crippen LogP contribution in [0, 0.1) is 11.8 Å². The predicted molar refractivity (Wildman–Crippen MR) is 121 cm³/mol. The van der Waals surface area contributed by atoms with E-state index >= 15 is 0 Å². The molecule has 0 aliphatic rings. The van der Waals surface area contributed by atoms with Crippen molar-refractivity contribution in [2.24, 2.45) is 11.8 Å². The van der Waals surface area contributed by atoms with E-state index in [4.69, 9.17) is 14.4 Å². The Morgan fingerprint density at radius 3 is 0.793 bits per heavy atom. The summed E-state index contributed by atoms with van der Waals surface area (Å²) in [7, 11) is -5.64. The van der Waals surface area contributed by atoms with Gasteiger partial charge in [0, 0.05) is 11.8 Å². The first-order valence-corrected chi connectivity index (χ1v) is 12.9.